The Morgan fingerprint density at radius 2 is 1.18 bits per heavy atom. The van der Waals surface area contributed by atoms with E-state index in [1.165, 1.54) is 0 Å². The van der Waals surface area contributed by atoms with Crippen LogP contribution < -0.4 is 10.6 Å². The van der Waals surface area contributed by atoms with E-state index in [4.69, 9.17) is 28.4 Å². The fourth-order valence-electron chi connectivity index (χ4n) is 5.94. The Balaban J connectivity index is 1.89. The summed E-state index contributed by atoms with van der Waals surface area (Å²) in [6, 6.07) is -3.10. The minimum absolute atomic E-state index is 0.693. The highest BCUT2D eigenvalue weighted by atomic mass is 16.8. The number of carbonyl (C=O) groups excluding carboxylic acids is 2. The van der Waals surface area contributed by atoms with E-state index in [9.17, 15) is 76.0 Å². The van der Waals surface area contributed by atoms with E-state index in [-0.39, 0.29) is 0 Å². The van der Waals surface area contributed by atoms with Crippen LogP contribution in [0.25, 0.3) is 0 Å². The van der Waals surface area contributed by atoms with Gasteiger partial charge in [0.15, 0.2) is 18.9 Å². The van der Waals surface area contributed by atoms with Gasteiger partial charge >= 0.3 is 0 Å². The first-order valence-corrected chi connectivity index (χ1v) is 16.0. The van der Waals surface area contributed by atoms with E-state index in [0.717, 1.165) is 13.8 Å². The maximum Gasteiger partial charge on any atom is 0.217 e. The molecule has 3 saturated heterocycles. The summed E-state index contributed by atoms with van der Waals surface area (Å²) >= 11 is 0. The third kappa shape index (κ3) is 10.2. The summed E-state index contributed by atoms with van der Waals surface area (Å²) in [4.78, 5) is 23.8. The first-order chi connectivity index (χ1) is 24.0. The highest BCUT2D eigenvalue weighted by Crippen LogP contribution is 2.33. The Hall–Kier alpha value is -1.82. The lowest BCUT2D eigenvalue weighted by atomic mass is 9.94. The van der Waals surface area contributed by atoms with Crippen LogP contribution in [0.15, 0.2) is 0 Å². The minimum atomic E-state index is -2.11. The molecule has 0 saturated carbocycles. The van der Waals surface area contributed by atoms with Crippen molar-refractivity contribution in [2.24, 2.45) is 0 Å². The minimum Gasteiger partial charge on any atom is -0.394 e. The quantitative estimate of drug-likeness (QED) is 0.0696. The SMILES string of the molecule is CC(=O)N[C@H]1[C@H](O[C@H]2[C@@H](O)[C@@H](CO)O[C@@H](O[C@@H]([C@H](O)[C@H](CO)NC(C)=O)[C@H](O)CO)[C@@H]2O)O[C@H](CO)[C@@H](O[C@@H]2O[C@H](CO)[C@H](O)[C@H](O)[C@H]2O)[C@@H]1O. The van der Waals surface area contributed by atoms with Crippen molar-refractivity contribution in [3.63, 3.8) is 0 Å². The number of rotatable bonds is 16. The van der Waals surface area contributed by atoms with Crippen LogP contribution in [0.4, 0.5) is 0 Å². The fourth-order valence-corrected chi connectivity index (χ4v) is 5.94. The Morgan fingerprint density at radius 1 is 0.627 bits per heavy atom. The zero-order valence-electron chi connectivity index (χ0n) is 27.6. The molecule has 23 nitrogen and oxygen atoms in total. The van der Waals surface area contributed by atoms with Crippen molar-refractivity contribution in [1.82, 2.24) is 10.6 Å². The van der Waals surface area contributed by atoms with Crippen LogP contribution in [-0.4, -0.2) is 228 Å². The van der Waals surface area contributed by atoms with Crippen LogP contribution in [0.3, 0.4) is 0 Å². The normalized spacial score (nSPS) is 41.3. The van der Waals surface area contributed by atoms with Crippen LogP contribution in [-0.2, 0) is 38.0 Å². The Kier molecular flexibility index (Phi) is 16.7. The van der Waals surface area contributed by atoms with Gasteiger partial charge in [0.05, 0.1) is 39.1 Å². The molecule has 0 bridgehead atoms. The largest absolute Gasteiger partial charge is 0.394 e. The van der Waals surface area contributed by atoms with Gasteiger partial charge in [-0.1, -0.05) is 0 Å². The summed E-state index contributed by atoms with van der Waals surface area (Å²) in [5, 5.41) is 139. The van der Waals surface area contributed by atoms with Crippen molar-refractivity contribution < 1.29 is 104 Å². The van der Waals surface area contributed by atoms with Gasteiger partial charge in [-0.3, -0.25) is 9.59 Å². The second-order valence-corrected chi connectivity index (χ2v) is 12.4. The zero-order valence-corrected chi connectivity index (χ0v) is 27.6. The van der Waals surface area contributed by atoms with Crippen molar-refractivity contribution in [3.8, 4) is 0 Å². The van der Waals surface area contributed by atoms with Gasteiger partial charge in [-0.2, -0.15) is 0 Å². The molecule has 2 amide bonds. The van der Waals surface area contributed by atoms with Crippen LogP contribution in [0.5, 0.6) is 0 Å². The third-order valence-corrected chi connectivity index (χ3v) is 8.67. The monoisotopic (exact) mass is 750 g/mol. The summed E-state index contributed by atoms with van der Waals surface area (Å²) in [5.74, 6) is -1.47. The predicted octanol–water partition coefficient (Wildman–Crippen LogP) is -9.83. The predicted molar refractivity (Wildman–Crippen MR) is 159 cm³/mol. The van der Waals surface area contributed by atoms with Crippen molar-refractivity contribution >= 4 is 11.8 Å². The number of nitrogens with one attached hydrogen (secondary N) is 2. The van der Waals surface area contributed by atoms with Gasteiger partial charge < -0.3 is 105 Å². The van der Waals surface area contributed by atoms with Crippen LogP contribution >= 0.6 is 0 Å². The average molecular weight is 751 g/mol. The number of aliphatic hydroxyl groups excluding tert-OH is 13. The summed E-state index contributed by atoms with van der Waals surface area (Å²) < 4.78 is 33.5. The molecule has 51 heavy (non-hydrogen) atoms. The molecule has 23 heteroatoms. The number of amides is 2. The summed E-state index contributed by atoms with van der Waals surface area (Å²) in [6.07, 6.45) is -31.1. The Bertz CT molecular complexity index is 1090. The van der Waals surface area contributed by atoms with Gasteiger partial charge in [0.2, 0.25) is 11.8 Å². The lowest BCUT2D eigenvalue weighted by Gasteiger charge is -2.49. The van der Waals surface area contributed by atoms with E-state index < -0.39 is 161 Å². The van der Waals surface area contributed by atoms with Crippen molar-refractivity contribution in [2.75, 3.05) is 33.0 Å². The van der Waals surface area contributed by atoms with Gasteiger partial charge in [0.25, 0.3) is 0 Å². The van der Waals surface area contributed by atoms with Gasteiger partial charge in [0, 0.05) is 13.8 Å². The summed E-state index contributed by atoms with van der Waals surface area (Å²) in [6.45, 7) is -2.47. The molecule has 298 valence electrons. The second-order valence-electron chi connectivity index (χ2n) is 12.4. The van der Waals surface area contributed by atoms with Gasteiger partial charge in [0.1, 0.15) is 91.5 Å². The van der Waals surface area contributed by atoms with Crippen molar-refractivity contribution in [3.05, 3.63) is 0 Å². The molecule has 0 aliphatic carbocycles. The molecule has 0 aromatic carbocycles. The number of hydrogen-bond donors (Lipinski definition) is 15. The smallest absolute Gasteiger partial charge is 0.217 e. The lowest BCUT2D eigenvalue weighted by Crippen LogP contribution is -2.69. The van der Waals surface area contributed by atoms with E-state index >= 15 is 0 Å². The number of hydrogen-bond acceptors (Lipinski definition) is 21. The molecule has 3 heterocycles. The highest BCUT2D eigenvalue weighted by molar-refractivity contribution is 5.73. The van der Waals surface area contributed by atoms with Crippen LogP contribution in [0, 0.1) is 0 Å². The molecule has 3 aliphatic rings. The molecule has 3 rings (SSSR count). The maximum absolute atomic E-state index is 12.2. The van der Waals surface area contributed by atoms with Gasteiger partial charge in [-0.25, -0.2) is 0 Å². The molecular formula is C28H50N2O21. The molecule has 3 aliphatic heterocycles. The van der Waals surface area contributed by atoms with Gasteiger partial charge in [-0.15, -0.1) is 0 Å². The average Bonchev–Trinajstić information content (AvgIpc) is 3.10. The molecule has 0 unspecified atom stereocenters. The Morgan fingerprint density at radius 3 is 1.71 bits per heavy atom. The van der Waals surface area contributed by atoms with Crippen molar-refractivity contribution in [1.29, 1.82) is 0 Å². The van der Waals surface area contributed by atoms with Gasteiger partial charge in [-0.05, 0) is 0 Å². The standard InChI is InChI=1S/C28H50N2O21/c1-8(36)29-10(3-31)16(39)23(11(38)4-32)49-28-22(45)25(18(41)13(6-34)47-28)51-26-15(30-9(2)37)19(42)24(14(7-35)48-26)50-27-21(44)20(43)17(40)12(5-33)46-27/h10-28,31-35,38-45H,3-7H2,1-2H3,(H,29,36)(H,30,37)/t10-,11+,12+,13+,14+,15+,16+,17-,18-,19+,20-,21+,22+,23+,24+,25-,26-,27-,28-/m0/s1. The fraction of sp³-hybridized carbons (Fsp3) is 0.929. The van der Waals surface area contributed by atoms with Crippen LogP contribution in [0.1, 0.15) is 13.8 Å². The van der Waals surface area contributed by atoms with Crippen LogP contribution in [0.2, 0.25) is 0 Å². The van der Waals surface area contributed by atoms with E-state index in [1.807, 2.05) is 0 Å². The number of aliphatic hydroxyl groups is 13. The molecular weight excluding hydrogens is 700 g/mol. The Labute approximate surface area is 290 Å². The topological polar surface area (TPSA) is 377 Å². The lowest BCUT2D eigenvalue weighted by molar-refractivity contribution is -0.372. The molecule has 0 aromatic heterocycles. The third-order valence-electron chi connectivity index (χ3n) is 8.67. The summed E-state index contributed by atoms with van der Waals surface area (Å²) in [7, 11) is 0. The second kappa shape index (κ2) is 19.5. The number of ether oxygens (including phenoxy) is 6. The molecule has 19 atom stereocenters. The van der Waals surface area contributed by atoms with Crippen molar-refractivity contribution in [2.45, 2.75) is 130 Å². The first kappa shape index (κ1) is 43.6. The first-order valence-electron chi connectivity index (χ1n) is 16.0. The highest BCUT2D eigenvalue weighted by Gasteiger charge is 2.55. The van der Waals surface area contributed by atoms with E-state index in [0.29, 0.717) is 0 Å². The zero-order chi connectivity index (χ0) is 38.3. The molecule has 0 radical (unpaired) electrons. The molecule has 15 N–H and O–H groups in total. The number of carbonyl (C=O) groups is 2. The van der Waals surface area contributed by atoms with E-state index in [2.05, 4.69) is 10.6 Å². The molecule has 3 fully saturated rings. The molecule has 0 aromatic rings. The molecule has 0 spiro atoms. The summed E-state index contributed by atoms with van der Waals surface area (Å²) in [5.41, 5.74) is 0. The van der Waals surface area contributed by atoms with E-state index in [1.54, 1.807) is 0 Å². The maximum atomic E-state index is 12.2.